The molecule has 3 aromatic carbocycles. The Bertz CT molecular complexity index is 1270. The van der Waals surface area contributed by atoms with Crippen LogP contribution in [0.15, 0.2) is 77.2 Å². The quantitative estimate of drug-likeness (QED) is 0.311. The van der Waals surface area contributed by atoms with Crippen LogP contribution in [-0.4, -0.2) is 42.4 Å². The van der Waals surface area contributed by atoms with Gasteiger partial charge in [0.2, 0.25) is 0 Å². The van der Waals surface area contributed by atoms with Crippen LogP contribution < -0.4 is 14.4 Å². The van der Waals surface area contributed by atoms with Crippen LogP contribution in [0.25, 0.3) is 11.1 Å². The van der Waals surface area contributed by atoms with Crippen LogP contribution in [0.2, 0.25) is 0 Å². The lowest BCUT2D eigenvalue weighted by atomic mass is 10.1. The third-order valence-corrected chi connectivity index (χ3v) is 5.38. The molecule has 0 amide bonds. The highest BCUT2D eigenvalue weighted by atomic mass is 19.4. The average Bonchev–Trinajstić information content (AvgIpc) is 3.29. The molecule has 1 N–H and O–H groups in total. The van der Waals surface area contributed by atoms with Gasteiger partial charge in [0.25, 0.3) is 6.01 Å². The first-order valence-corrected chi connectivity index (χ1v) is 11.0. The van der Waals surface area contributed by atoms with Crippen LogP contribution in [0, 0.1) is 0 Å². The molecule has 0 aliphatic rings. The largest absolute Gasteiger partial charge is 0.492 e. The van der Waals surface area contributed by atoms with Crippen molar-refractivity contribution in [2.45, 2.75) is 18.7 Å². The third-order valence-electron chi connectivity index (χ3n) is 5.38. The number of alkyl halides is 3. The summed E-state index contributed by atoms with van der Waals surface area (Å²) >= 11 is 0. The van der Waals surface area contributed by atoms with Gasteiger partial charge in [-0.3, -0.25) is 0 Å². The Hall–Kier alpha value is -4.21. The van der Waals surface area contributed by atoms with E-state index in [4.69, 9.17) is 13.9 Å². The van der Waals surface area contributed by atoms with Gasteiger partial charge in [0, 0.05) is 13.5 Å². The summed E-state index contributed by atoms with van der Waals surface area (Å²) in [6.07, 6.45) is -5.72. The number of carbonyl (C=O) groups is 1. The second-order valence-corrected chi connectivity index (χ2v) is 8.05. The smallest absolute Gasteiger partial charge is 0.416 e. The van der Waals surface area contributed by atoms with E-state index in [0.717, 1.165) is 29.8 Å². The molecule has 36 heavy (non-hydrogen) atoms. The Balaban J connectivity index is 1.29. The van der Waals surface area contributed by atoms with Crippen molar-refractivity contribution in [2.24, 2.45) is 0 Å². The number of hydrogen-bond donors (Lipinski definition) is 1. The monoisotopic (exact) mass is 500 g/mol. The van der Waals surface area contributed by atoms with Crippen LogP contribution >= 0.6 is 0 Å². The molecule has 0 saturated heterocycles. The molecule has 0 saturated carbocycles. The van der Waals surface area contributed by atoms with Crippen LogP contribution in [0.1, 0.15) is 11.1 Å². The molecule has 0 aliphatic heterocycles. The minimum atomic E-state index is -4.48. The van der Waals surface area contributed by atoms with Crippen LogP contribution in [0.3, 0.4) is 0 Å². The Morgan fingerprint density at radius 2 is 1.69 bits per heavy atom. The van der Waals surface area contributed by atoms with E-state index in [1.807, 2.05) is 36.2 Å². The molecule has 188 valence electrons. The van der Waals surface area contributed by atoms with Crippen LogP contribution in [0.5, 0.6) is 11.5 Å². The third kappa shape index (κ3) is 6.26. The standard InChI is InChI=1S/C26H23F3N2O5/c1-31(25-30-21-4-2-3-5-22(21)36-25)14-15-34-19-10-6-17(7-11-19)16-23(24(32)33)35-20-12-8-18(9-13-20)26(27,28)29/h2-13,23H,14-16H2,1H3,(H,32,33). The van der Waals surface area contributed by atoms with Gasteiger partial charge in [0.1, 0.15) is 23.6 Å². The number of carboxylic acids is 1. The molecule has 10 heteroatoms. The molecule has 4 aromatic rings. The Morgan fingerprint density at radius 3 is 2.33 bits per heavy atom. The second kappa shape index (κ2) is 10.6. The minimum Gasteiger partial charge on any atom is -0.492 e. The molecule has 7 nitrogen and oxygen atoms in total. The minimum absolute atomic E-state index is 0.0249. The maximum atomic E-state index is 12.7. The number of aliphatic carboxylic acids is 1. The summed E-state index contributed by atoms with van der Waals surface area (Å²) in [5.74, 6) is -0.587. The normalized spacial score (nSPS) is 12.3. The molecule has 1 heterocycles. The molecule has 1 atom stereocenters. The summed E-state index contributed by atoms with van der Waals surface area (Å²) in [7, 11) is 1.85. The summed E-state index contributed by atoms with van der Waals surface area (Å²) in [6.45, 7) is 0.889. The van der Waals surface area contributed by atoms with Gasteiger partial charge in [-0.05, 0) is 54.1 Å². The van der Waals surface area contributed by atoms with Crippen molar-refractivity contribution < 1.29 is 37.0 Å². The van der Waals surface area contributed by atoms with Gasteiger partial charge in [-0.15, -0.1) is 0 Å². The van der Waals surface area contributed by atoms with Crippen molar-refractivity contribution in [2.75, 3.05) is 25.1 Å². The number of nitrogens with zero attached hydrogens (tertiary/aromatic N) is 2. The number of anilines is 1. The highest BCUT2D eigenvalue weighted by Gasteiger charge is 2.30. The lowest BCUT2D eigenvalue weighted by Gasteiger charge is -2.17. The fourth-order valence-electron chi connectivity index (χ4n) is 3.42. The van der Waals surface area contributed by atoms with E-state index >= 15 is 0 Å². The van der Waals surface area contributed by atoms with Gasteiger partial charge in [-0.2, -0.15) is 18.2 Å². The number of carboxylic acid groups (broad SMARTS) is 1. The number of hydrogen-bond acceptors (Lipinski definition) is 6. The zero-order valence-corrected chi connectivity index (χ0v) is 19.2. The maximum absolute atomic E-state index is 12.7. The molecule has 0 fully saturated rings. The lowest BCUT2D eigenvalue weighted by Crippen LogP contribution is -2.29. The highest BCUT2D eigenvalue weighted by molar-refractivity contribution is 5.74. The number of halogens is 3. The van der Waals surface area contributed by atoms with Gasteiger partial charge in [-0.1, -0.05) is 24.3 Å². The topological polar surface area (TPSA) is 85.0 Å². The van der Waals surface area contributed by atoms with Gasteiger partial charge in [0.15, 0.2) is 11.7 Å². The fourth-order valence-corrected chi connectivity index (χ4v) is 3.42. The first-order chi connectivity index (χ1) is 17.2. The van der Waals surface area contributed by atoms with E-state index in [-0.39, 0.29) is 12.2 Å². The van der Waals surface area contributed by atoms with Crippen molar-refractivity contribution in [3.05, 3.63) is 83.9 Å². The Labute approximate surface area is 204 Å². The predicted octanol–water partition coefficient (Wildman–Crippen LogP) is 5.44. The van der Waals surface area contributed by atoms with E-state index < -0.39 is 23.8 Å². The number of aromatic nitrogens is 1. The number of ether oxygens (including phenoxy) is 2. The molecular formula is C26H23F3N2O5. The molecule has 1 unspecified atom stereocenters. The SMILES string of the molecule is CN(CCOc1ccc(CC(Oc2ccc(C(F)(F)F)cc2)C(=O)O)cc1)c1nc2ccccc2o1. The first kappa shape index (κ1) is 24.9. The van der Waals surface area contributed by atoms with E-state index in [9.17, 15) is 23.1 Å². The fraction of sp³-hybridized carbons (Fsp3) is 0.231. The average molecular weight is 500 g/mol. The van der Waals surface area contributed by atoms with Crippen LogP contribution in [0.4, 0.5) is 19.2 Å². The molecule has 1 aromatic heterocycles. The van der Waals surface area contributed by atoms with Crippen molar-refractivity contribution in [1.29, 1.82) is 0 Å². The zero-order chi connectivity index (χ0) is 25.7. The molecule has 0 spiro atoms. The van der Waals surface area contributed by atoms with Crippen LogP contribution in [-0.2, 0) is 17.4 Å². The first-order valence-electron chi connectivity index (χ1n) is 11.0. The Morgan fingerprint density at radius 1 is 1.03 bits per heavy atom. The van der Waals surface area contributed by atoms with E-state index in [0.29, 0.717) is 36.1 Å². The number of oxazole rings is 1. The number of likely N-dealkylation sites (N-methyl/N-ethyl adjacent to an activating group) is 1. The number of para-hydroxylation sites is 2. The summed E-state index contributed by atoms with van der Waals surface area (Å²) in [5, 5.41) is 9.50. The van der Waals surface area contributed by atoms with Crippen molar-refractivity contribution in [3.63, 3.8) is 0 Å². The van der Waals surface area contributed by atoms with Crippen molar-refractivity contribution >= 4 is 23.1 Å². The van der Waals surface area contributed by atoms with Crippen molar-refractivity contribution in [3.8, 4) is 11.5 Å². The summed E-state index contributed by atoms with van der Waals surface area (Å²) in [5.41, 5.74) is 1.32. The number of fused-ring (bicyclic) bond motifs is 1. The second-order valence-electron chi connectivity index (χ2n) is 8.05. The highest BCUT2D eigenvalue weighted by Crippen LogP contribution is 2.30. The maximum Gasteiger partial charge on any atom is 0.416 e. The lowest BCUT2D eigenvalue weighted by molar-refractivity contribution is -0.145. The molecule has 0 radical (unpaired) electrons. The van der Waals surface area contributed by atoms with Gasteiger partial charge < -0.3 is 23.9 Å². The summed E-state index contributed by atoms with van der Waals surface area (Å²) in [4.78, 5) is 17.9. The summed E-state index contributed by atoms with van der Waals surface area (Å²) < 4.78 is 55.0. The molecule has 4 rings (SSSR count). The summed E-state index contributed by atoms with van der Waals surface area (Å²) in [6, 6.07) is 18.7. The zero-order valence-electron chi connectivity index (χ0n) is 19.2. The van der Waals surface area contributed by atoms with E-state index in [1.54, 1.807) is 24.3 Å². The predicted molar refractivity (Wildman–Crippen MR) is 126 cm³/mol. The van der Waals surface area contributed by atoms with E-state index in [2.05, 4.69) is 4.98 Å². The number of benzene rings is 3. The van der Waals surface area contributed by atoms with Gasteiger partial charge in [0.05, 0.1) is 12.1 Å². The van der Waals surface area contributed by atoms with Crippen molar-refractivity contribution in [1.82, 2.24) is 4.98 Å². The van der Waals surface area contributed by atoms with E-state index in [1.165, 1.54) is 0 Å². The molecule has 0 aliphatic carbocycles. The van der Waals surface area contributed by atoms with Gasteiger partial charge >= 0.3 is 12.1 Å². The molecular weight excluding hydrogens is 477 g/mol. The van der Waals surface area contributed by atoms with Gasteiger partial charge in [-0.25, -0.2) is 4.79 Å². The molecule has 0 bridgehead atoms. The number of rotatable bonds is 10. The Kier molecular flexibility index (Phi) is 7.33.